The van der Waals surface area contributed by atoms with Gasteiger partial charge in [-0.1, -0.05) is 51.2 Å². The Bertz CT molecular complexity index is 280. The molecular weight excluding hydrogens is 236 g/mol. The second-order valence-corrected chi connectivity index (χ2v) is 5.87. The Labute approximate surface area is 118 Å². The van der Waals surface area contributed by atoms with E-state index < -0.39 is 0 Å². The average Bonchev–Trinajstić information content (AvgIpc) is 2.31. The first-order valence-electron chi connectivity index (χ1n) is 7.78. The quantitative estimate of drug-likeness (QED) is 0.749. The van der Waals surface area contributed by atoms with Crippen LogP contribution in [0.25, 0.3) is 0 Å². The maximum absolute atomic E-state index is 12.1. The number of nitrogens with one attached hydrogen (secondary N) is 1. The Balaban J connectivity index is 2.33. The zero-order valence-corrected chi connectivity index (χ0v) is 12.7. The van der Waals surface area contributed by atoms with Crippen molar-refractivity contribution in [3.05, 3.63) is 12.2 Å². The largest absolute Gasteiger partial charge is 0.352 e. The SMILES string of the molecule is C=C(C)CN(CC)CC(=O)NC1CCCCCCC1. The van der Waals surface area contributed by atoms with Crippen LogP contribution in [-0.2, 0) is 4.79 Å². The van der Waals surface area contributed by atoms with Crippen molar-refractivity contribution < 1.29 is 4.79 Å². The highest BCUT2D eigenvalue weighted by atomic mass is 16.2. The van der Waals surface area contributed by atoms with E-state index in [0.29, 0.717) is 12.6 Å². The van der Waals surface area contributed by atoms with Crippen LogP contribution in [0.2, 0.25) is 0 Å². The summed E-state index contributed by atoms with van der Waals surface area (Å²) < 4.78 is 0. The highest BCUT2D eigenvalue weighted by Crippen LogP contribution is 2.17. The number of hydrogen-bond acceptors (Lipinski definition) is 2. The van der Waals surface area contributed by atoms with Crippen molar-refractivity contribution >= 4 is 5.91 Å². The summed E-state index contributed by atoms with van der Waals surface area (Å²) in [4.78, 5) is 14.2. The third-order valence-electron chi connectivity index (χ3n) is 3.78. The molecule has 0 heterocycles. The Kier molecular flexibility index (Phi) is 7.80. The van der Waals surface area contributed by atoms with Gasteiger partial charge in [0.25, 0.3) is 0 Å². The van der Waals surface area contributed by atoms with E-state index in [0.717, 1.165) is 31.5 Å². The average molecular weight is 266 g/mol. The molecule has 3 nitrogen and oxygen atoms in total. The van der Waals surface area contributed by atoms with Crippen molar-refractivity contribution in [2.45, 2.75) is 64.8 Å². The molecular formula is C16H30N2O. The lowest BCUT2D eigenvalue weighted by Gasteiger charge is -2.24. The van der Waals surface area contributed by atoms with Crippen LogP contribution in [0.4, 0.5) is 0 Å². The van der Waals surface area contributed by atoms with Crippen molar-refractivity contribution in [3.8, 4) is 0 Å². The molecule has 0 aliphatic heterocycles. The van der Waals surface area contributed by atoms with Gasteiger partial charge < -0.3 is 5.32 Å². The van der Waals surface area contributed by atoms with Crippen molar-refractivity contribution in [3.63, 3.8) is 0 Å². The van der Waals surface area contributed by atoms with Crippen LogP contribution in [0, 0.1) is 0 Å². The minimum Gasteiger partial charge on any atom is -0.352 e. The van der Waals surface area contributed by atoms with E-state index in [1.165, 1.54) is 32.1 Å². The van der Waals surface area contributed by atoms with E-state index in [-0.39, 0.29) is 5.91 Å². The second kappa shape index (κ2) is 9.13. The van der Waals surface area contributed by atoms with E-state index >= 15 is 0 Å². The molecule has 1 N–H and O–H groups in total. The van der Waals surface area contributed by atoms with Gasteiger partial charge in [0.2, 0.25) is 5.91 Å². The number of rotatable bonds is 6. The Morgan fingerprint density at radius 2 is 1.74 bits per heavy atom. The molecule has 0 unspecified atom stereocenters. The van der Waals surface area contributed by atoms with Crippen LogP contribution in [0.1, 0.15) is 58.8 Å². The standard InChI is InChI=1S/C16H30N2O/c1-4-18(12-14(2)3)13-16(19)17-15-10-8-6-5-7-9-11-15/h15H,2,4-13H2,1,3H3,(H,17,19). The van der Waals surface area contributed by atoms with Gasteiger partial charge in [-0.15, -0.1) is 0 Å². The highest BCUT2D eigenvalue weighted by molar-refractivity contribution is 5.78. The summed E-state index contributed by atoms with van der Waals surface area (Å²) in [5.41, 5.74) is 1.11. The molecule has 1 aliphatic rings. The van der Waals surface area contributed by atoms with Crippen molar-refractivity contribution in [1.29, 1.82) is 0 Å². The van der Waals surface area contributed by atoms with Gasteiger partial charge in [-0.05, 0) is 26.3 Å². The molecule has 1 saturated carbocycles. The van der Waals surface area contributed by atoms with Gasteiger partial charge in [0.15, 0.2) is 0 Å². The summed E-state index contributed by atoms with van der Waals surface area (Å²) in [6.07, 6.45) is 8.83. The molecule has 3 heteroatoms. The minimum absolute atomic E-state index is 0.175. The third-order valence-corrected chi connectivity index (χ3v) is 3.78. The van der Waals surface area contributed by atoms with E-state index in [2.05, 4.69) is 23.7 Å². The summed E-state index contributed by atoms with van der Waals surface area (Å²) in [6.45, 7) is 10.2. The molecule has 0 aromatic carbocycles. The lowest BCUT2D eigenvalue weighted by molar-refractivity contribution is -0.123. The fourth-order valence-electron chi connectivity index (χ4n) is 2.74. The lowest BCUT2D eigenvalue weighted by atomic mass is 9.97. The first kappa shape index (κ1) is 16.2. The number of carbonyl (C=O) groups excluding carboxylic acids is 1. The molecule has 0 aromatic heterocycles. The van der Waals surface area contributed by atoms with Gasteiger partial charge in [-0.3, -0.25) is 9.69 Å². The minimum atomic E-state index is 0.175. The van der Waals surface area contributed by atoms with Crippen LogP contribution in [0.3, 0.4) is 0 Å². The lowest BCUT2D eigenvalue weighted by Crippen LogP contribution is -2.42. The van der Waals surface area contributed by atoms with Gasteiger partial charge in [0.05, 0.1) is 6.54 Å². The topological polar surface area (TPSA) is 32.3 Å². The predicted octanol–water partition coefficient (Wildman–Crippen LogP) is 3.11. The Morgan fingerprint density at radius 1 is 1.16 bits per heavy atom. The number of amides is 1. The molecule has 1 fully saturated rings. The molecule has 0 atom stereocenters. The number of likely N-dealkylation sites (N-methyl/N-ethyl adjacent to an activating group) is 1. The predicted molar refractivity (Wildman–Crippen MR) is 81.2 cm³/mol. The maximum Gasteiger partial charge on any atom is 0.234 e. The summed E-state index contributed by atoms with van der Waals surface area (Å²) in [5.74, 6) is 0.175. The molecule has 1 amide bonds. The van der Waals surface area contributed by atoms with Crippen molar-refractivity contribution in [2.24, 2.45) is 0 Å². The van der Waals surface area contributed by atoms with Crippen LogP contribution in [-0.4, -0.2) is 36.5 Å². The Hall–Kier alpha value is -0.830. The van der Waals surface area contributed by atoms with Crippen molar-refractivity contribution in [1.82, 2.24) is 10.2 Å². The van der Waals surface area contributed by atoms with E-state index in [4.69, 9.17) is 0 Å². The zero-order valence-electron chi connectivity index (χ0n) is 12.7. The van der Waals surface area contributed by atoms with Gasteiger partial charge in [0, 0.05) is 12.6 Å². The number of hydrogen-bond donors (Lipinski definition) is 1. The van der Waals surface area contributed by atoms with Crippen LogP contribution in [0.15, 0.2) is 12.2 Å². The molecule has 0 saturated heterocycles. The van der Waals surface area contributed by atoms with Crippen LogP contribution < -0.4 is 5.32 Å². The fraction of sp³-hybridized carbons (Fsp3) is 0.812. The van der Waals surface area contributed by atoms with Gasteiger partial charge in [-0.25, -0.2) is 0 Å². The van der Waals surface area contributed by atoms with E-state index in [1.54, 1.807) is 0 Å². The van der Waals surface area contributed by atoms with Gasteiger partial charge in [0.1, 0.15) is 0 Å². The molecule has 0 bridgehead atoms. The summed E-state index contributed by atoms with van der Waals surface area (Å²) in [7, 11) is 0. The maximum atomic E-state index is 12.1. The third kappa shape index (κ3) is 7.36. The fourth-order valence-corrected chi connectivity index (χ4v) is 2.74. The molecule has 0 radical (unpaired) electrons. The summed E-state index contributed by atoms with van der Waals surface area (Å²) in [5, 5.41) is 3.21. The normalized spacial score (nSPS) is 17.8. The van der Waals surface area contributed by atoms with E-state index in [9.17, 15) is 4.79 Å². The summed E-state index contributed by atoms with van der Waals surface area (Å²) in [6, 6.07) is 0.399. The molecule has 1 rings (SSSR count). The molecule has 0 aromatic rings. The smallest absolute Gasteiger partial charge is 0.234 e. The number of nitrogens with zero attached hydrogens (tertiary/aromatic N) is 1. The summed E-state index contributed by atoms with van der Waals surface area (Å²) >= 11 is 0. The first-order valence-corrected chi connectivity index (χ1v) is 7.78. The molecule has 19 heavy (non-hydrogen) atoms. The molecule has 0 spiro atoms. The second-order valence-electron chi connectivity index (χ2n) is 5.87. The first-order chi connectivity index (χ1) is 9.11. The van der Waals surface area contributed by atoms with Gasteiger partial charge in [-0.2, -0.15) is 0 Å². The molecule has 1 aliphatic carbocycles. The molecule has 110 valence electrons. The highest BCUT2D eigenvalue weighted by Gasteiger charge is 2.15. The van der Waals surface area contributed by atoms with Crippen LogP contribution >= 0.6 is 0 Å². The van der Waals surface area contributed by atoms with E-state index in [1.807, 2.05) is 6.92 Å². The number of carbonyl (C=O) groups is 1. The van der Waals surface area contributed by atoms with Crippen molar-refractivity contribution in [2.75, 3.05) is 19.6 Å². The Morgan fingerprint density at radius 3 is 2.26 bits per heavy atom. The van der Waals surface area contributed by atoms with Crippen LogP contribution in [0.5, 0.6) is 0 Å². The van der Waals surface area contributed by atoms with Gasteiger partial charge >= 0.3 is 0 Å². The monoisotopic (exact) mass is 266 g/mol. The zero-order chi connectivity index (χ0) is 14.1.